The van der Waals surface area contributed by atoms with Crippen LogP contribution in [0.25, 0.3) is 0 Å². The van der Waals surface area contributed by atoms with Gasteiger partial charge in [-0.05, 0) is 55.9 Å². The van der Waals surface area contributed by atoms with Crippen LogP contribution in [0.2, 0.25) is 0 Å². The van der Waals surface area contributed by atoms with E-state index in [1.807, 2.05) is 22.4 Å². The Hall–Kier alpha value is -1.44. The molecule has 1 atom stereocenters. The number of rotatable bonds is 5. The highest BCUT2D eigenvalue weighted by molar-refractivity contribution is 7.12. The van der Waals surface area contributed by atoms with Crippen molar-refractivity contribution in [3.05, 3.63) is 22.4 Å². The van der Waals surface area contributed by atoms with Gasteiger partial charge >= 0.3 is 0 Å². The summed E-state index contributed by atoms with van der Waals surface area (Å²) in [5.41, 5.74) is -0.186. The zero-order valence-corrected chi connectivity index (χ0v) is 17.0. The smallest absolute Gasteiger partial charge is 0.263 e. The summed E-state index contributed by atoms with van der Waals surface area (Å²) >= 11 is 1.49. The molecule has 3 saturated heterocycles. The number of likely N-dealkylation sites (tertiary alicyclic amines) is 2. The molecular weight excluding hydrogens is 376 g/mol. The van der Waals surface area contributed by atoms with Crippen LogP contribution in [-0.4, -0.2) is 72.2 Å². The van der Waals surface area contributed by atoms with E-state index in [-0.39, 0.29) is 29.5 Å². The minimum atomic E-state index is -0.289. The maximum absolute atomic E-state index is 13.1. The number of hydrogen-bond donors (Lipinski definition) is 0. The minimum Gasteiger partial charge on any atom is -0.381 e. The van der Waals surface area contributed by atoms with Crippen molar-refractivity contribution in [1.82, 2.24) is 9.80 Å². The van der Waals surface area contributed by atoms with Crippen LogP contribution >= 0.6 is 11.3 Å². The number of carbonyl (C=O) groups excluding carboxylic acids is 2. The standard InChI is InChI=1S/C21H28N2O4S/c24-19(17-2-1-13-28-17)22-9-5-16(6-10-22)23-20(25)18(27-14-15-3-4-15)21(23)7-11-26-12-8-21/h1-2,13,15-16,18H,3-12,14H2. The molecule has 3 aliphatic heterocycles. The number of ether oxygens (including phenoxy) is 2. The molecule has 2 amide bonds. The topological polar surface area (TPSA) is 59.1 Å². The Morgan fingerprint density at radius 3 is 2.61 bits per heavy atom. The van der Waals surface area contributed by atoms with Crippen LogP contribution in [-0.2, 0) is 14.3 Å². The number of nitrogens with zero attached hydrogens (tertiary/aromatic N) is 2. The monoisotopic (exact) mass is 404 g/mol. The second kappa shape index (κ2) is 7.43. The van der Waals surface area contributed by atoms with Crippen molar-refractivity contribution >= 4 is 23.2 Å². The van der Waals surface area contributed by atoms with Gasteiger partial charge in [-0.2, -0.15) is 0 Å². The maximum Gasteiger partial charge on any atom is 0.263 e. The van der Waals surface area contributed by atoms with E-state index in [4.69, 9.17) is 9.47 Å². The van der Waals surface area contributed by atoms with Gasteiger partial charge < -0.3 is 19.3 Å². The molecule has 1 saturated carbocycles. The van der Waals surface area contributed by atoms with Crippen molar-refractivity contribution in [3.8, 4) is 0 Å². The van der Waals surface area contributed by atoms with Crippen LogP contribution in [0.3, 0.4) is 0 Å². The molecule has 0 radical (unpaired) electrons. The highest BCUT2D eigenvalue weighted by atomic mass is 32.1. The molecule has 7 heteroatoms. The van der Waals surface area contributed by atoms with Gasteiger partial charge in [0.15, 0.2) is 6.10 Å². The van der Waals surface area contributed by atoms with Gasteiger partial charge in [-0.25, -0.2) is 0 Å². The van der Waals surface area contributed by atoms with Crippen LogP contribution in [0.5, 0.6) is 0 Å². The largest absolute Gasteiger partial charge is 0.381 e. The van der Waals surface area contributed by atoms with Crippen molar-refractivity contribution in [1.29, 1.82) is 0 Å². The fraction of sp³-hybridized carbons (Fsp3) is 0.714. The summed E-state index contributed by atoms with van der Waals surface area (Å²) in [5, 5.41) is 1.94. The third kappa shape index (κ3) is 3.17. The van der Waals surface area contributed by atoms with E-state index in [2.05, 4.69) is 4.90 Å². The van der Waals surface area contributed by atoms with Gasteiger partial charge in [-0.3, -0.25) is 9.59 Å². The summed E-state index contributed by atoms with van der Waals surface area (Å²) in [4.78, 5) is 30.5. The highest BCUT2D eigenvalue weighted by Gasteiger charge is 2.63. The first kappa shape index (κ1) is 18.6. The summed E-state index contributed by atoms with van der Waals surface area (Å²) in [6.07, 6.45) is 5.60. The van der Waals surface area contributed by atoms with Crippen LogP contribution in [0.4, 0.5) is 0 Å². The molecule has 1 aromatic heterocycles. The first-order valence-corrected chi connectivity index (χ1v) is 11.4. The van der Waals surface area contributed by atoms with Crippen molar-refractivity contribution in [2.45, 2.75) is 56.2 Å². The van der Waals surface area contributed by atoms with Crippen LogP contribution < -0.4 is 0 Å². The van der Waals surface area contributed by atoms with Crippen molar-refractivity contribution in [2.24, 2.45) is 5.92 Å². The van der Waals surface area contributed by atoms with Gasteiger partial charge in [0.2, 0.25) is 0 Å². The molecule has 1 aliphatic carbocycles. The summed E-state index contributed by atoms with van der Waals surface area (Å²) < 4.78 is 11.7. The molecule has 5 rings (SSSR count). The lowest BCUT2D eigenvalue weighted by Crippen LogP contribution is -2.79. The number of hydrogen-bond acceptors (Lipinski definition) is 5. The second-order valence-electron chi connectivity index (χ2n) is 8.58. The first-order chi connectivity index (χ1) is 13.7. The predicted octanol–water partition coefficient (Wildman–Crippen LogP) is 2.54. The quantitative estimate of drug-likeness (QED) is 0.708. The molecule has 4 fully saturated rings. The molecule has 6 nitrogen and oxygen atoms in total. The number of amides is 2. The van der Waals surface area contributed by atoms with Crippen molar-refractivity contribution in [2.75, 3.05) is 32.9 Å². The molecule has 1 unspecified atom stereocenters. The molecule has 0 aromatic carbocycles. The molecule has 0 N–H and O–H groups in total. The summed E-state index contributed by atoms with van der Waals surface area (Å²) in [7, 11) is 0. The molecule has 152 valence electrons. The fourth-order valence-electron chi connectivity index (χ4n) is 5.03. The summed E-state index contributed by atoms with van der Waals surface area (Å²) in [6, 6.07) is 4.01. The van der Waals surface area contributed by atoms with Gasteiger partial charge in [-0.1, -0.05) is 6.07 Å². The second-order valence-corrected chi connectivity index (χ2v) is 9.53. The highest BCUT2D eigenvalue weighted by Crippen LogP contribution is 2.46. The Morgan fingerprint density at radius 2 is 1.96 bits per heavy atom. The first-order valence-electron chi connectivity index (χ1n) is 10.5. The van der Waals surface area contributed by atoms with E-state index in [9.17, 15) is 9.59 Å². The van der Waals surface area contributed by atoms with Gasteiger partial charge in [-0.15, -0.1) is 11.3 Å². The lowest BCUT2D eigenvalue weighted by Gasteiger charge is -2.62. The Labute approximate surface area is 169 Å². The number of β-lactam (4-membered cyclic amide) rings is 1. The lowest BCUT2D eigenvalue weighted by atomic mass is 9.72. The third-order valence-electron chi connectivity index (χ3n) is 6.83. The zero-order valence-electron chi connectivity index (χ0n) is 16.2. The van der Waals surface area contributed by atoms with Gasteiger partial charge in [0.05, 0.1) is 17.0 Å². The minimum absolute atomic E-state index is 0.120. The van der Waals surface area contributed by atoms with E-state index in [0.717, 1.165) is 37.2 Å². The normalized spacial score (nSPS) is 27.9. The Bertz CT molecular complexity index is 719. The third-order valence-corrected chi connectivity index (χ3v) is 7.69. The molecule has 1 aromatic rings. The number of piperidine rings is 1. The van der Waals surface area contributed by atoms with Crippen LogP contribution in [0.1, 0.15) is 48.2 Å². The van der Waals surface area contributed by atoms with Crippen molar-refractivity contribution < 1.29 is 19.1 Å². The predicted molar refractivity (Wildman–Crippen MR) is 105 cm³/mol. The molecule has 28 heavy (non-hydrogen) atoms. The molecule has 4 heterocycles. The van der Waals surface area contributed by atoms with E-state index >= 15 is 0 Å². The number of thiophene rings is 1. The van der Waals surface area contributed by atoms with Gasteiger partial charge in [0.25, 0.3) is 11.8 Å². The summed E-state index contributed by atoms with van der Waals surface area (Å²) in [5.74, 6) is 0.936. The fourth-order valence-corrected chi connectivity index (χ4v) is 5.72. The average molecular weight is 405 g/mol. The SMILES string of the molecule is O=C(c1cccs1)N1CCC(N2C(=O)C(OCC3CC3)C23CCOCC3)CC1. The Balaban J connectivity index is 1.25. The van der Waals surface area contributed by atoms with E-state index in [1.54, 1.807) is 0 Å². The van der Waals surface area contributed by atoms with E-state index < -0.39 is 0 Å². The average Bonchev–Trinajstić information content (AvgIpc) is 3.39. The number of carbonyl (C=O) groups is 2. The lowest BCUT2D eigenvalue weighted by molar-refractivity contribution is -0.219. The van der Waals surface area contributed by atoms with E-state index in [1.165, 1.54) is 24.2 Å². The molecule has 4 aliphatic rings. The van der Waals surface area contributed by atoms with E-state index in [0.29, 0.717) is 32.2 Å². The van der Waals surface area contributed by atoms with Crippen molar-refractivity contribution in [3.63, 3.8) is 0 Å². The van der Waals surface area contributed by atoms with Gasteiger partial charge in [0, 0.05) is 32.3 Å². The zero-order chi connectivity index (χ0) is 19.1. The maximum atomic E-state index is 13.1. The van der Waals surface area contributed by atoms with Crippen LogP contribution in [0.15, 0.2) is 17.5 Å². The molecule has 0 bridgehead atoms. The molecule has 1 spiro atoms. The van der Waals surface area contributed by atoms with Crippen LogP contribution in [0, 0.1) is 5.92 Å². The summed E-state index contributed by atoms with van der Waals surface area (Å²) in [6.45, 7) is 3.54. The molecular formula is C21H28N2O4S. The van der Waals surface area contributed by atoms with Gasteiger partial charge in [0.1, 0.15) is 0 Å². The Kier molecular flexibility index (Phi) is 4.93. The Morgan fingerprint density at radius 1 is 1.21 bits per heavy atom.